The van der Waals surface area contributed by atoms with Crippen molar-refractivity contribution in [3.63, 3.8) is 0 Å². The summed E-state index contributed by atoms with van der Waals surface area (Å²) in [6.45, 7) is -0.251. The first-order valence-corrected chi connectivity index (χ1v) is 8.23. The first kappa shape index (κ1) is 17.0. The number of halogens is 2. The van der Waals surface area contributed by atoms with E-state index in [1.807, 2.05) is 19.2 Å². The minimum atomic E-state index is -0.653. The average molecular weight is 367 g/mol. The second-order valence-corrected chi connectivity index (χ2v) is 5.89. The summed E-state index contributed by atoms with van der Waals surface area (Å²) in [4.78, 5) is 5.90. The molecule has 0 unspecified atom stereocenters. The lowest BCUT2D eigenvalue weighted by molar-refractivity contribution is 0.296. The van der Waals surface area contributed by atoms with Crippen molar-refractivity contribution >= 4 is 22.5 Å². The third kappa shape index (κ3) is 3.19. The predicted octanol–water partition coefficient (Wildman–Crippen LogP) is 4.85. The Labute approximate surface area is 153 Å². The topological polar surface area (TPSA) is 51.4 Å². The monoisotopic (exact) mass is 367 g/mol. The molecular weight excluding hydrogens is 352 g/mol. The minimum absolute atomic E-state index is 0.131. The smallest absolute Gasteiger partial charge is 0.187 e. The fourth-order valence-corrected chi connectivity index (χ4v) is 2.79. The van der Waals surface area contributed by atoms with E-state index in [1.165, 1.54) is 18.2 Å². The van der Waals surface area contributed by atoms with Crippen LogP contribution in [-0.2, 0) is 6.61 Å². The van der Waals surface area contributed by atoms with E-state index >= 15 is 0 Å². The maximum atomic E-state index is 13.9. The minimum Gasteiger partial charge on any atom is -0.488 e. The number of fused-ring (bicyclic) bond motifs is 1. The Kier molecular flexibility index (Phi) is 4.42. The molecule has 0 amide bonds. The van der Waals surface area contributed by atoms with Gasteiger partial charge in [-0.15, -0.1) is 0 Å². The number of ether oxygens (including phenoxy) is 1. The number of hydrogen-bond donors (Lipinski definition) is 0. The van der Waals surface area contributed by atoms with Gasteiger partial charge in [-0.25, -0.2) is 8.78 Å². The molecule has 0 spiro atoms. The fraction of sp³-hybridized carbons (Fsp3) is 0.100. The third-order valence-electron chi connectivity index (χ3n) is 4.23. The molecule has 27 heavy (non-hydrogen) atoms. The lowest BCUT2D eigenvalue weighted by Gasteiger charge is -2.16. The van der Waals surface area contributed by atoms with E-state index in [-0.39, 0.29) is 12.2 Å². The number of aromatic nitrogens is 2. The highest BCUT2D eigenvalue weighted by Crippen LogP contribution is 2.36. The molecule has 0 bridgehead atoms. The Hall–Kier alpha value is -3.48. The molecule has 0 aliphatic rings. The summed E-state index contributed by atoms with van der Waals surface area (Å²) in [5.74, 6) is -0.370. The second kappa shape index (κ2) is 7.03. The van der Waals surface area contributed by atoms with Crippen LogP contribution in [-0.4, -0.2) is 17.2 Å². The van der Waals surface area contributed by atoms with Gasteiger partial charge in [-0.1, -0.05) is 17.3 Å². The highest BCUT2D eigenvalue weighted by atomic mass is 19.1. The van der Waals surface area contributed by atoms with Gasteiger partial charge in [0.15, 0.2) is 11.4 Å². The summed E-state index contributed by atoms with van der Waals surface area (Å²) >= 11 is 0. The van der Waals surface area contributed by atoms with Crippen LogP contribution in [0.15, 0.2) is 65.4 Å². The van der Waals surface area contributed by atoms with Crippen LogP contribution >= 0.6 is 0 Å². The number of anilines is 2. The van der Waals surface area contributed by atoms with E-state index in [0.29, 0.717) is 22.5 Å². The lowest BCUT2D eigenvalue weighted by atomic mass is 10.2. The van der Waals surface area contributed by atoms with Crippen LogP contribution in [0.3, 0.4) is 0 Å². The third-order valence-corrected chi connectivity index (χ3v) is 4.23. The van der Waals surface area contributed by atoms with Crippen LogP contribution in [0.4, 0.5) is 20.3 Å². The van der Waals surface area contributed by atoms with Crippen molar-refractivity contribution in [1.29, 1.82) is 0 Å². The molecule has 0 fully saturated rings. The van der Waals surface area contributed by atoms with Gasteiger partial charge in [0.1, 0.15) is 29.4 Å². The van der Waals surface area contributed by atoms with Gasteiger partial charge in [-0.3, -0.25) is 4.98 Å². The maximum Gasteiger partial charge on any atom is 0.187 e. The van der Waals surface area contributed by atoms with E-state index in [2.05, 4.69) is 10.1 Å². The van der Waals surface area contributed by atoms with Crippen molar-refractivity contribution in [2.45, 2.75) is 6.61 Å². The Bertz CT molecular complexity index is 1060. The van der Waals surface area contributed by atoms with Crippen LogP contribution in [0, 0.1) is 11.6 Å². The van der Waals surface area contributed by atoms with Crippen LogP contribution in [0.2, 0.25) is 0 Å². The molecule has 0 saturated carbocycles. The molecular formula is C20H15F2N3O2. The largest absolute Gasteiger partial charge is 0.488 e. The van der Waals surface area contributed by atoms with Gasteiger partial charge in [0.2, 0.25) is 0 Å². The molecule has 2 heterocycles. The van der Waals surface area contributed by atoms with Crippen molar-refractivity contribution in [3.05, 3.63) is 78.1 Å². The lowest BCUT2D eigenvalue weighted by Crippen LogP contribution is -2.10. The van der Waals surface area contributed by atoms with E-state index < -0.39 is 11.6 Å². The van der Waals surface area contributed by atoms with Crippen LogP contribution in [0.5, 0.6) is 5.75 Å². The molecule has 7 heteroatoms. The Morgan fingerprint density at radius 3 is 2.56 bits per heavy atom. The summed E-state index contributed by atoms with van der Waals surface area (Å²) in [7, 11) is 1.82. The number of rotatable bonds is 5. The van der Waals surface area contributed by atoms with Gasteiger partial charge < -0.3 is 14.2 Å². The summed E-state index contributed by atoms with van der Waals surface area (Å²) in [5, 5.41) is 4.73. The van der Waals surface area contributed by atoms with Gasteiger partial charge in [0.05, 0.1) is 17.4 Å². The first-order valence-electron chi connectivity index (χ1n) is 8.23. The zero-order chi connectivity index (χ0) is 18.8. The summed E-state index contributed by atoms with van der Waals surface area (Å²) in [5.41, 5.74) is 1.18. The average Bonchev–Trinajstić information content (AvgIpc) is 3.12. The van der Waals surface area contributed by atoms with E-state index in [4.69, 9.17) is 9.26 Å². The Morgan fingerprint density at radius 1 is 1.04 bits per heavy atom. The molecule has 0 radical (unpaired) electrons. The van der Waals surface area contributed by atoms with E-state index in [1.54, 1.807) is 35.5 Å². The zero-order valence-corrected chi connectivity index (χ0v) is 14.4. The van der Waals surface area contributed by atoms with Crippen molar-refractivity contribution in [3.8, 4) is 5.75 Å². The summed E-state index contributed by atoms with van der Waals surface area (Å²) in [6, 6.07) is 12.6. The van der Waals surface area contributed by atoms with Crippen LogP contribution in [0.1, 0.15) is 5.56 Å². The van der Waals surface area contributed by atoms with Gasteiger partial charge in [-0.2, -0.15) is 0 Å². The number of benzene rings is 2. The zero-order valence-electron chi connectivity index (χ0n) is 14.4. The highest BCUT2D eigenvalue weighted by molar-refractivity contribution is 5.95. The van der Waals surface area contributed by atoms with Crippen molar-refractivity contribution in [2.24, 2.45) is 0 Å². The number of pyridine rings is 1. The van der Waals surface area contributed by atoms with Crippen LogP contribution < -0.4 is 9.64 Å². The van der Waals surface area contributed by atoms with Crippen molar-refractivity contribution in [2.75, 3.05) is 11.9 Å². The maximum absolute atomic E-state index is 13.9. The summed E-state index contributed by atoms with van der Waals surface area (Å²) < 4.78 is 38.9. The molecule has 0 N–H and O–H groups in total. The quantitative estimate of drug-likeness (QED) is 0.505. The van der Waals surface area contributed by atoms with Gasteiger partial charge in [0.25, 0.3) is 0 Å². The molecule has 2 aromatic carbocycles. The summed E-state index contributed by atoms with van der Waals surface area (Å²) in [6.07, 6.45) is 3.37. The van der Waals surface area contributed by atoms with E-state index in [0.717, 1.165) is 5.69 Å². The molecule has 4 rings (SSSR count). The first-order chi connectivity index (χ1) is 13.1. The van der Waals surface area contributed by atoms with Gasteiger partial charge in [0, 0.05) is 13.2 Å². The van der Waals surface area contributed by atoms with Crippen LogP contribution in [0.25, 0.3) is 11.0 Å². The van der Waals surface area contributed by atoms with Gasteiger partial charge in [-0.05, 0) is 36.4 Å². The highest BCUT2D eigenvalue weighted by Gasteiger charge is 2.19. The molecule has 136 valence electrons. The molecule has 0 aliphatic carbocycles. The second-order valence-electron chi connectivity index (χ2n) is 5.89. The molecule has 0 saturated heterocycles. The number of nitrogens with zero attached hydrogens (tertiary/aromatic N) is 3. The standard InChI is InChI=1S/C20H15F2N3O2/c1-25(13-5-4-10-23-11-13)20-19-17(8-3-9-18(19)27-24-20)26-12-14-15(21)6-2-7-16(14)22/h2-11H,12H2,1H3. The Morgan fingerprint density at radius 2 is 1.81 bits per heavy atom. The molecule has 0 aliphatic heterocycles. The van der Waals surface area contributed by atoms with E-state index in [9.17, 15) is 8.78 Å². The molecule has 4 aromatic rings. The normalized spacial score (nSPS) is 10.9. The predicted molar refractivity (Wildman–Crippen MR) is 97.0 cm³/mol. The van der Waals surface area contributed by atoms with Gasteiger partial charge >= 0.3 is 0 Å². The molecule has 0 atom stereocenters. The Balaban J connectivity index is 1.70. The fourth-order valence-electron chi connectivity index (χ4n) is 2.79. The number of hydrogen-bond acceptors (Lipinski definition) is 5. The van der Waals surface area contributed by atoms with Crippen molar-refractivity contribution < 1.29 is 18.0 Å². The molecule has 5 nitrogen and oxygen atoms in total. The molecule has 2 aromatic heterocycles. The SMILES string of the molecule is CN(c1cccnc1)c1noc2cccc(OCc3c(F)cccc3F)c12. The van der Waals surface area contributed by atoms with Crippen molar-refractivity contribution in [1.82, 2.24) is 10.1 Å².